The highest BCUT2D eigenvalue weighted by Crippen LogP contribution is 2.34. The van der Waals surface area contributed by atoms with Gasteiger partial charge in [-0.15, -0.1) is 0 Å². The second kappa shape index (κ2) is 5.54. The van der Waals surface area contributed by atoms with Gasteiger partial charge in [-0.25, -0.2) is 4.98 Å². The van der Waals surface area contributed by atoms with E-state index in [1.54, 1.807) is 0 Å². The Balaban J connectivity index is 2.11. The van der Waals surface area contributed by atoms with E-state index < -0.39 is 0 Å². The predicted octanol–water partition coefficient (Wildman–Crippen LogP) is 2.54. The molecule has 1 saturated carbocycles. The van der Waals surface area contributed by atoms with E-state index in [4.69, 9.17) is 10.7 Å². The molecule has 0 saturated heterocycles. The first-order valence-corrected chi connectivity index (χ1v) is 7.60. The Morgan fingerprint density at radius 2 is 1.85 bits per heavy atom. The maximum absolute atomic E-state index is 9.37. The van der Waals surface area contributed by atoms with Gasteiger partial charge in [-0.1, -0.05) is 37.8 Å². The van der Waals surface area contributed by atoms with Crippen LogP contribution in [0.2, 0.25) is 0 Å². The Labute approximate surface area is 119 Å². The van der Waals surface area contributed by atoms with E-state index in [2.05, 4.69) is 10.6 Å². The third-order valence-electron chi connectivity index (χ3n) is 4.42. The first-order chi connectivity index (χ1) is 9.74. The Morgan fingerprint density at radius 3 is 2.55 bits per heavy atom. The molecule has 0 aliphatic heterocycles. The van der Waals surface area contributed by atoms with Gasteiger partial charge in [-0.2, -0.15) is 0 Å². The predicted molar refractivity (Wildman–Crippen MR) is 80.4 cm³/mol. The average molecular weight is 273 g/mol. The van der Waals surface area contributed by atoms with Crippen LogP contribution >= 0.6 is 0 Å². The minimum Gasteiger partial charge on any atom is -0.395 e. The number of rotatable bonds is 3. The summed E-state index contributed by atoms with van der Waals surface area (Å²) in [6.45, 7) is 0.679. The highest BCUT2D eigenvalue weighted by molar-refractivity contribution is 5.76. The molecule has 1 aromatic carbocycles. The summed E-state index contributed by atoms with van der Waals surface area (Å²) in [5, 5.41) is 9.37. The number of aromatic nitrogens is 2. The standard InChI is InChI=1S/C16H23N3O/c17-16(9-5-1-2-6-10-16)15-18-13-7-3-4-8-14(13)19(15)11-12-20/h3-4,7-8,20H,1-2,5-6,9-12,17H2. The van der Waals surface area contributed by atoms with Crippen molar-refractivity contribution >= 4 is 11.0 Å². The minimum absolute atomic E-state index is 0.115. The first kappa shape index (κ1) is 13.6. The number of aliphatic hydroxyl groups excluding tert-OH is 1. The minimum atomic E-state index is -0.343. The molecule has 1 heterocycles. The first-order valence-electron chi connectivity index (χ1n) is 7.60. The van der Waals surface area contributed by atoms with Crippen LogP contribution < -0.4 is 5.73 Å². The van der Waals surface area contributed by atoms with Gasteiger partial charge in [0.05, 0.1) is 23.2 Å². The van der Waals surface area contributed by atoms with Crippen LogP contribution in [0.1, 0.15) is 44.3 Å². The van der Waals surface area contributed by atoms with Crippen molar-refractivity contribution in [3.63, 3.8) is 0 Å². The molecule has 20 heavy (non-hydrogen) atoms. The van der Waals surface area contributed by atoms with Gasteiger partial charge in [-0.05, 0) is 25.0 Å². The summed E-state index contributed by atoms with van der Waals surface area (Å²) in [4.78, 5) is 4.80. The molecule has 1 fully saturated rings. The second-order valence-corrected chi connectivity index (χ2v) is 5.87. The molecule has 4 heteroatoms. The lowest BCUT2D eigenvalue weighted by Gasteiger charge is -2.28. The molecule has 1 aliphatic carbocycles. The molecule has 1 aromatic heterocycles. The average Bonchev–Trinajstić information content (AvgIpc) is 2.68. The smallest absolute Gasteiger partial charge is 0.130 e. The van der Waals surface area contributed by atoms with Crippen molar-refractivity contribution in [2.45, 2.75) is 50.6 Å². The van der Waals surface area contributed by atoms with Gasteiger partial charge in [0.25, 0.3) is 0 Å². The number of benzene rings is 1. The van der Waals surface area contributed by atoms with Crippen molar-refractivity contribution in [1.29, 1.82) is 0 Å². The summed E-state index contributed by atoms with van der Waals surface area (Å²) in [6.07, 6.45) is 6.83. The summed E-state index contributed by atoms with van der Waals surface area (Å²) in [5.74, 6) is 0.953. The number of para-hydroxylation sites is 2. The van der Waals surface area contributed by atoms with E-state index in [-0.39, 0.29) is 12.1 Å². The monoisotopic (exact) mass is 273 g/mol. The van der Waals surface area contributed by atoms with Crippen molar-refractivity contribution in [2.75, 3.05) is 6.61 Å². The summed E-state index contributed by atoms with van der Waals surface area (Å²) in [5.41, 5.74) is 8.42. The van der Waals surface area contributed by atoms with Crippen molar-refractivity contribution < 1.29 is 5.11 Å². The fourth-order valence-corrected chi connectivity index (χ4v) is 3.37. The molecule has 0 amide bonds. The molecule has 4 nitrogen and oxygen atoms in total. The van der Waals surface area contributed by atoms with Gasteiger partial charge in [0, 0.05) is 6.54 Å². The van der Waals surface area contributed by atoms with E-state index in [0.29, 0.717) is 6.54 Å². The largest absolute Gasteiger partial charge is 0.395 e. The molecule has 0 spiro atoms. The summed E-state index contributed by atoms with van der Waals surface area (Å²) in [7, 11) is 0. The van der Waals surface area contributed by atoms with Crippen LogP contribution in [0.4, 0.5) is 0 Å². The van der Waals surface area contributed by atoms with E-state index >= 15 is 0 Å². The molecule has 1 aliphatic rings. The highest BCUT2D eigenvalue weighted by atomic mass is 16.3. The Kier molecular flexibility index (Phi) is 3.76. The molecule has 3 N–H and O–H groups in total. The fraction of sp³-hybridized carbons (Fsp3) is 0.562. The van der Waals surface area contributed by atoms with Gasteiger partial charge >= 0.3 is 0 Å². The topological polar surface area (TPSA) is 64.1 Å². The van der Waals surface area contributed by atoms with Crippen LogP contribution in [-0.2, 0) is 12.1 Å². The van der Waals surface area contributed by atoms with Crippen molar-refractivity contribution in [1.82, 2.24) is 9.55 Å². The van der Waals surface area contributed by atoms with Crippen molar-refractivity contribution in [3.05, 3.63) is 30.1 Å². The second-order valence-electron chi connectivity index (χ2n) is 5.87. The zero-order valence-electron chi connectivity index (χ0n) is 11.9. The maximum atomic E-state index is 9.37. The lowest BCUT2D eigenvalue weighted by Crippen LogP contribution is -2.39. The molecule has 108 valence electrons. The van der Waals surface area contributed by atoms with Crippen LogP contribution in [0, 0.1) is 0 Å². The fourth-order valence-electron chi connectivity index (χ4n) is 3.37. The molecule has 0 radical (unpaired) electrons. The molecular formula is C16H23N3O. The number of hydrogen-bond donors (Lipinski definition) is 2. The van der Waals surface area contributed by atoms with Gasteiger partial charge in [-0.3, -0.25) is 0 Å². The van der Waals surface area contributed by atoms with Crippen LogP contribution in [-0.4, -0.2) is 21.3 Å². The highest BCUT2D eigenvalue weighted by Gasteiger charge is 2.33. The SMILES string of the molecule is NC1(c2nc3ccccc3n2CCO)CCCCCC1. The number of hydrogen-bond acceptors (Lipinski definition) is 3. The Bertz CT molecular complexity index is 582. The van der Waals surface area contributed by atoms with Gasteiger partial charge in [0.1, 0.15) is 5.82 Å². The van der Waals surface area contributed by atoms with E-state index in [1.165, 1.54) is 25.7 Å². The zero-order chi connectivity index (χ0) is 14.0. The quantitative estimate of drug-likeness (QED) is 0.845. The van der Waals surface area contributed by atoms with Crippen molar-refractivity contribution in [2.24, 2.45) is 5.73 Å². The Morgan fingerprint density at radius 1 is 1.15 bits per heavy atom. The number of nitrogens with two attached hydrogens (primary N) is 1. The molecular weight excluding hydrogens is 250 g/mol. The van der Waals surface area contributed by atoms with Gasteiger partial charge in [0.2, 0.25) is 0 Å². The third kappa shape index (κ3) is 2.34. The maximum Gasteiger partial charge on any atom is 0.130 e. The van der Waals surface area contributed by atoms with Gasteiger partial charge < -0.3 is 15.4 Å². The number of fused-ring (bicyclic) bond motifs is 1. The number of nitrogens with zero attached hydrogens (tertiary/aromatic N) is 2. The molecule has 3 rings (SSSR count). The van der Waals surface area contributed by atoms with Crippen molar-refractivity contribution in [3.8, 4) is 0 Å². The van der Waals surface area contributed by atoms with Crippen LogP contribution in [0.15, 0.2) is 24.3 Å². The Hall–Kier alpha value is -1.39. The third-order valence-corrected chi connectivity index (χ3v) is 4.42. The van der Waals surface area contributed by atoms with E-state index in [1.807, 2.05) is 18.2 Å². The number of aliphatic hydroxyl groups is 1. The molecule has 0 bridgehead atoms. The van der Waals surface area contributed by atoms with Crippen LogP contribution in [0.3, 0.4) is 0 Å². The summed E-state index contributed by atoms with van der Waals surface area (Å²) >= 11 is 0. The van der Waals surface area contributed by atoms with Crippen LogP contribution in [0.25, 0.3) is 11.0 Å². The lowest BCUT2D eigenvalue weighted by molar-refractivity contribution is 0.266. The molecule has 0 atom stereocenters. The van der Waals surface area contributed by atoms with E-state index in [9.17, 15) is 5.11 Å². The van der Waals surface area contributed by atoms with Crippen LogP contribution in [0.5, 0.6) is 0 Å². The van der Waals surface area contributed by atoms with E-state index in [0.717, 1.165) is 29.7 Å². The molecule has 0 unspecified atom stereocenters. The zero-order valence-corrected chi connectivity index (χ0v) is 11.9. The summed E-state index contributed by atoms with van der Waals surface area (Å²) < 4.78 is 2.11. The lowest BCUT2D eigenvalue weighted by atomic mass is 9.90. The normalized spacial score (nSPS) is 19.1. The number of imidazole rings is 1. The molecule has 2 aromatic rings. The van der Waals surface area contributed by atoms with Gasteiger partial charge in [0.15, 0.2) is 0 Å². The summed E-state index contributed by atoms with van der Waals surface area (Å²) in [6, 6.07) is 8.09.